The molecule has 1 aromatic rings. The van der Waals surface area contributed by atoms with Crippen LogP contribution in [0.4, 0.5) is 4.39 Å². The van der Waals surface area contributed by atoms with Crippen molar-refractivity contribution in [3.05, 3.63) is 34.6 Å². The van der Waals surface area contributed by atoms with Crippen molar-refractivity contribution in [1.82, 2.24) is 5.32 Å². The maximum absolute atomic E-state index is 13.5. The summed E-state index contributed by atoms with van der Waals surface area (Å²) in [4.78, 5) is 11.8. The Morgan fingerprint density at radius 2 is 2.35 bits per heavy atom. The highest BCUT2D eigenvalue weighted by Crippen LogP contribution is 2.17. The van der Waals surface area contributed by atoms with E-state index in [9.17, 15) is 9.18 Å². The summed E-state index contributed by atoms with van der Waals surface area (Å²) in [6.07, 6.45) is 6.77. The Morgan fingerprint density at radius 1 is 1.65 bits per heavy atom. The Labute approximate surface area is 105 Å². The van der Waals surface area contributed by atoms with Gasteiger partial charge in [0.25, 0.3) is 5.91 Å². The van der Waals surface area contributed by atoms with E-state index in [0.29, 0.717) is 6.42 Å². The lowest BCUT2D eigenvalue weighted by Gasteiger charge is -2.12. The van der Waals surface area contributed by atoms with E-state index in [2.05, 4.69) is 11.2 Å². The SMILES string of the molecule is C#CC(CCC)NC(=O)c1cccc(Cl)c1F. The lowest BCUT2D eigenvalue weighted by molar-refractivity contribution is 0.0940. The Morgan fingerprint density at radius 3 is 2.94 bits per heavy atom. The summed E-state index contributed by atoms with van der Waals surface area (Å²) in [5, 5.41) is 2.50. The van der Waals surface area contributed by atoms with Crippen molar-refractivity contribution in [2.75, 3.05) is 0 Å². The van der Waals surface area contributed by atoms with Gasteiger partial charge in [0.2, 0.25) is 0 Å². The van der Waals surface area contributed by atoms with Crippen LogP contribution in [0.15, 0.2) is 18.2 Å². The average Bonchev–Trinajstić information content (AvgIpc) is 2.31. The summed E-state index contributed by atoms with van der Waals surface area (Å²) in [5.74, 6) is 1.19. The standard InChI is InChI=1S/C13H13ClFNO/c1-3-6-9(4-2)16-13(17)10-7-5-8-11(14)12(10)15/h2,5,7-9H,3,6H2,1H3,(H,16,17). The van der Waals surface area contributed by atoms with Crippen LogP contribution >= 0.6 is 11.6 Å². The number of rotatable bonds is 4. The van der Waals surface area contributed by atoms with Gasteiger partial charge in [-0.15, -0.1) is 6.42 Å². The third kappa shape index (κ3) is 3.47. The number of carbonyl (C=O) groups is 1. The molecule has 1 atom stereocenters. The van der Waals surface area contributed by atoms with Gasteiger partial charge in [0.1, 0.15) is 0 Å². The second-order valence-corrected chi connectivity index (χ2v) is 3.99. The number of amides is 1. The predicted molar refractivity (Wildman–Crippen MR) is 66.4 cm³/mol. The zero-order chi connectivity index (χ0) is 12.8. The van der Waals surface area contributed by atoms with E-state index in [1.54, 1.807) is 0 Å². The molecule has 1 unspecified atom stereocenters. The molecule has 90 valence electrons. The molecule has 0 saturated carbocycles. The molecule has 17 heavy (non-hydrogen) atoms. The number of hydrogen-bond acceptors (Lipinski definition) is 1. The van der Waals surface area contributed by atoms with Gasteiger partial charge in [-0.1, -0.05) is 36.9 Å². The van der Waals surface area contributed by atoms with Crippen LogP contribution in [0.25, 0.3) is 0 Å². The molecular weight excluding hydrogens is 241 g/mol. The quantitative estimate of drug-likeness (QED) is 0.821. The summed E-state index contributed by atoms with van der Waals surface area (Å²) in [7, 11) is 0. The van der Waals surface area contributed by atoms with Crippen molar-refractivity contribution in [3.8, 4) is 12.3 Å². The van der Waals surface area contributed by atoms with Gasteiger partial charge in [0, 0.05) is 0 Å². The summed E-state index contributed by atoms with van der Waals surface area (Å²) >= 11 is 5.59. The van der Waals surface area contributed by atoms with Crippen LogP contribution in [-0.4, -0.2) is 11.9 Å². The summed E-state index contributed by atoms with van der Waals surface area (Å²) in [6.45, 7) is 1.95. The molecule has 1 N–H and O–H groups in total. The molecule has 0 aliphatic heterocycles. The Bertz CT molecular complexity index is 453. The van der Waals surface area contributed by atoms with Crippen molar-refractivity contribution >= 4 is 17.5 Å². The third-order valence-corrected chi connectivity index (χ3v) is 2.57. The molecule has 0 heterocycles. The molecule has 0 radical (unpaired) electrons. The molecule has 1 amide bonds. The molecule has 0 aromatic heterocycles. The lowest BCUT2D eigenvalue weighted by atomic mass is 10.1. The predicted octanol–water partition coefficient (Wildman–Crippen LogP) is 3.01. The van der Waals surface area contributed by atoms with Crippen LogP contribution in [0.1, 0.15) is 30.1 Å². The average molecular weight is 254 g/mol. The minimum atomic E-state index is -0.723. The van der Waals surface area contributed by atoms with Crippen LogP contribution in [0.3, 0.4) is 0 Å². The van der Waals surface area contributed by atoms with Crippen LogP contribution in [0.5, 0.6) is 0 Å². The van der Waals surface area contributed by atoms with Gasteiger partial charge in [0.05, 0.1) is 16.6 Å². The first-order valence-corrected chi connectivity index (χ1v) is 5.69. The van der Waals surface area contributed by atoms with Crippen LogP contribution < -0.4 is 5.32 Å². The number of hydrogen-bond donors (Lipinski definition) is 1. The maximum atomic E-state index is 13.5. The largest absolute Gasteiger partial charge is 0.338 e. The molecular formula is C13H13ClFNO. The number of benzene rings is 1. The molecule has 0 aliphatic carbocycles. The number of nitrogens with one attached hydrogen (secondary N) is 1. The van der Waals surface area contributed by atoms with Crippen LogP contribution in [-0.2, 0) is 0 Å². The molecule has 0 saturated heterocycles. The molecule has 0 aliphatic rings. The zero-order valence-corrected chi connectivity index (χ0v) is 10.2. The van der Waals surface area contributed by atoms with Crippen molar-refractivity contribution in [1.29, 1.82) is 0 Å². The van der Waals surface area contributed by atoms with Gasteiger partial charge in [0.15, 0.2) is 5.82 Å². The first-order chi connectivity index (χ1) is 8.10. The Balaban J connectivity index is 2.83. The van der Waals surface area contributed by atoms with Gasteiger partial charge in [-0.05, 0) is 18.6 Å². The van der Waals surface area contributed by atoms with Gasteiger partial charge in [-0.25, -0.2) is 4.39 Å². The third-order valence-electron chi connectivity index (χ3n) is 2.28. The molecule has 1 rings (SSSR count). The van der Waals surface area contributed by atoms with Gasteiger partial charge in [-0.2, -0.15) is 0 Å². The van der Waals surface area contributed by atoms with Crippen LogP contribution in [0, 0.1) is 18.2 Å². The molecule has 2 nitrogen and oxygen atoms in total. The first kappa shape index (κ1) is 13.5. The summed E-state index contributed by atoms with van der Waals surface area (Å²) in [6, 6.07) is 3.89. The minimum Gasteiger partial charge on any atom is -0.338 e. The molecule has 0 fully saturated rings. The van der Waals surface area contributed by atoms with Gasteiger partial charge >= 0.3 is 0 Å². The maximum Gasteiger partial charge on any atom is 0.255 e. The highest BCUT2D eigenvalue weighted by molar-refractivity contribution is 6.31. The fourth-order valence-corrected chi connectivity index (χ4v) is 1.58. The number of halogens is 2. The van der Waals surface area contributed by atoms with Crippen molar-refractivity contribution in [2.24, 2.45) is 0 Å². The fraction of sp³-hybridized carbons (Fsp3) is 0.308. The number of carbonyl (C=O) groups excluding carboxylic acids is 1. The van der Waals surface area contributed by atoms with E-state index >= 15 is 0 Å². The molecule has 4 heteroatoms. The monoisotopic (exact) mass is 253 g/mol. The van der Waals surface area contributed by atoms with E-state index in [-0.39, 0.29) is 16.6 Å². The first-order valence-electron chi connectivity index (χ1n) is 5.31. The summed E-state index contributed by atoms with van der Waals surface area (Å²) in [5.41, 5.74) is -0.0890. The van der Waals surface area contributed by atoms with Gasteiger partial charge in [-0.3, -0.25) is 4.79 Å². The van der Waals surface area contributed by atoms with E-state index in [1.165, 1.54) is 18.2 Å². The lowest BCUT2D eigenvalue weighted by Crippen LogP contribution is -2.34. The Kier molecular flexibility index (Phi) is 4.99. The van der Waals surface area contributed by atoms with Gasteiger partial charge < -0.3 is 5.32 Å². The minimum absolute atomic E-state index is 0.0783. The van der Waals surface area contributed by atoms with Crippen molar-refractivity contribution < 1.29 is 9.18 Å². The highest BCUT2D eigenvalue weighted by atomic mass is 35.5. The molecule has 0 spiro atoms. The fourth-order valence-electron chi connectivity index (χ4n) is 1.40. The van der Waals surface area contributed by atoms with E-state index < -0.39 is 11.7 Å². The topological polar surface area (TPSA) is 29.1 Å². The van der Waals surface area contributed by atoms with Crippen molar-refractivity contribution in [3.63, 3.8) is 0 Å². The number of terminal acetylenes is 1. The normalized spacial score (nSPS) is 11.6. The van der Waals surface area contributed by atoms with Crippen molar-refractivity contribution in [2.45, 2.75) is 25.8 Å². The van der Waals surface area contributed by atoms with E-state index in [4.69, 9.17) is 18.0 Å². The second kappa shape index (κ2) is 6.27. The van der Waals surface area contributed by atoms with E-state index in [1.807, 2.05) is 6.92 Å². The summed E-state index contributed by atoms with van der Waals surface area (Å²) < 4.78 is 13.5. The zero-order valence-electron chi connectivity index (χ0n) is 9.47. The van der Waals surface area contributed by atoms with Crippen LogP contribution in [0.2, 0.25) is 5.02 Å². The molecule has 1 aromatic carbocycles. The van der Waals surface area contributed by atoms with E-state index in [0.717, 1.165) is 6.42 Å². The molecule has 0 bridgehead atoms. The Hall–Kier alpha value is -1.53. The second-order valence-electron chi connectivity index (χ2n) is 3.58. The highest BCUT2D eigenvalue weighted by Gasteiger charge is 2.16. The smallest absolute Gasteiger partial charge is 0.255 e.